The molecule has 0 unspecified atom stereocenters. The maximum absolute atomic E-state index is 13.6. The fourth-order valence-electron chi connectivity index (χ4n) is 1.71. The van der Waals surface area contributed by atoms with Crippen LogP contribution in [0.15, 0.2) is 27.8 Å². The van der Waals surface area contributed by atoms with Crippen LogP contribution in [0.1, 0.15) is 16.7 Å². The van der Waals surface area contributed by atoms with E-state index in [1.165, 1.54) is 11.3 Å². The van der Waals surface area contributed by atoms with Crippen LogP contribution in [0, 0.1) is 12.7 Å². The molecule has 4 nitrogen and oxygen atoms in total. The van der Waals surface area contributed by atoms with Gasteiger partial charge in [0, 0.05) is 12.1 Å². The van der Waals surface area contributed by atoms with Crippen LogP contribution in [-0.4, -0.2) is 13.5 Å². The van der Waals surface area contributed by atoms with Crippen LogP contribution >= 0.6 is 22.9 Å². The Morgan fingerprint density at radius 3 is 2.62 bits per heavy atom. The van der Waals surface area contributed by atoms with Crippen LogP contribution in [0.5, 0.6) is 0 Å². The van der Waals surface area contributed by atoms with Crippen molar-refractivity contribution in [1.29, 1.82) is 0 Å². The van der Waals surface area contributed by atoms with Crippen molar-refractivity contribution in [1.82, 2.24) is 4.72 Å². The van der Waals surface area contributed by atoms with Gasteiger partial charge in [0.25, 0.3) is 0 Å². The Bertz CT molecular complexity index is 759. The summed E-state index contributed by atoms with van der Waals surface area (Å²) >= 11 is 7.12. The van der Waals surface area contributed by atoms with Crippen molar-refractivity contribution in [3.05, 3.63) is 50.4 Å². The third-order valence-electron chi connectivity index (χ3n) is 2.97. The second-order valence-corrected chi connectivity index (χ2v) is 7.33. The molecule has 0 saturated heterocycles. The molecule has 1 aromatic heterocycles. The number of sulfonamides is 1. The Hall–Kier alpha value is -0.990. The minimum absolute atomic E-state index is 0.0313. The molecule has 21 heavy (non-hydrogen) atoms. The first-order valence-corrected chi connectivity index (χ1v) is 8.75. The summed E-state index contributed by atoms with van der Waals surface area (Å²) < 4.78 is 40.3. The molecule has 114 valence electrons. The van der Waals surface area contributed by atoms with Crippen LogP contribution in [0.4, 0.5) is 4.39 Å². The van der Waals surface area contributed by atoms with Gasteiger partial charge in [0.05, 0.1) is 16.5 Å². The van der Waals surface area contributed by atoms with Gasteiger partial charge >= 0.3 is 0 Å². The van der Waals surface area contributed by atoms with E-state index in [4.69, 9.17) is 16.7 Å². The third-order valence-corrected chi connectivity index (χ3v) is 5.69. The van der Waals surface area contributed by atoms with Crippen LogP contribution in [-0.2, 0) is 23.2 Å². The summed E-state index contributed by atoms with van der Waals surface area (Å²) in [5, 5.41) is 12.6. The summed E-state index contributed by atoms with van der Waals surface area (Å²) in [6, 6.07) is 2.00. The lowest BCUT2D eigenvalue weighted by Gasteiger charge is -2.09. The molecular weight excluding hydrogens is 337 g/mol. The van der Waals surface area contributed by atoms with Crippen LogP contribution in [0.25, 0.3) is 0 Å². The average Bonchev–Trinajstić information content (AvgIpc) is 2.85. The average molecular weight is 350 g/mol. The Morgan fingerprint density at radius 1 is 1.33 bits per heavy atom. The first-order chi connectivity index (χ1) is 9.85. The van der Waals surface area contributed by atoms with Crippen molar-refractivity contribution in [2.24, 2.45) is 0 Å². The van der Waals surface area contributed by atoms with Crippen molar-refractivity contribution in [3.63, 3.8) is 0 Å². The summed E-state index contributed by atoms with van der Waals surface area (Å²) in [7, 11) is -3.88. The van der Waals surface area contributed by atoms with Gasteiger partial charge < -0.3 is 5.11 Å². The van der Waals surface area contributed by atoms with Crippen LogP contribution in [0.3, 0.4) is 0 Å². The van der Waals surface area contributed by atoms with E-state index < -0.39 is 22.4 Å². The molecule has 2 aromatic rings. The number of aryl methyl sites for hydroxylation is 1. The predicted molar refractivity (Wildman–Crippen MR) is 80.4 cm³/mol. The number of hydrogen-bond acceptors (Lipinski definition) is 4. The molecule has 2 N–H and O–H groups in total. The molecule has 0 aliphatic rings. The number of aliphatic hydroxyl groups is 1. The molecule has 0 spiro atoms. The smallest absolute Gasteiger partial charge is 0.240 e. The SMILES string of the molecule is Cc1cscc1CNS(=O)(=O)c1cc(F)c(Cl)c(CO)c1. The van der Waals surface area contributed by atoms with Crippen LogP contribution < -0.4 is 4.72 Å². The molecule has 1 heterocycles. The van der Waals surface area contributed by atoms with E-state index in [0.29, 0.717) is 0 Å². The quantitative estimate of drug-likeness (QED) is 0.872. The number of nitrogens with one attached hydrogen (secondary N) is 1. The summed E-state index contributed by atoms with van der Waals surface area (Å²) in [5.74, 6) is -0.879. The zero-order chi connectivity index (χ0) is 15.6. The molecule has 0 aliphatic heterocycles. The second-order valence-electron chi connectivity index (χ2n) is 4.44. The highest BCUT2D eigenvalue weighted by molar-refractivity contribution is 7.89. The van der Waals surface area contributed by atoms with Gasteiger partial charge in [-0.15, -0.1) is 0 Å². The molecule has 0 fully saturated rings. The molecule has 1 aromatic carbocycles. The third kappa shape index (κ3) is 3.61. The first-order valence-electron chi connectivity index (χ1n) is 5.95. The zero-order valence-corrected chi connectivity index (χ0v) is 13.4. The molecule has 0 bridgehead atoms. The summed E-state index contributed by atoms with van der Waals surface area (Å²) in [5.41, 5.74) is 1.88. The van der Waals surface area contributed by atoms with Gasteiger partial charge in [0.15, 0.2) is 0 Å². The van der Waals surface area contributed by atoms with Crippen molar-refractivity contribution >= 4 is 33.0 Å². The van der Waals surface area contributed by atoms with Crippen molar-refractivity contribution in [2.75, 3.05) is 0 Å². The highest BCUT2D eigenvalue weighted by Gasteiger charge is 2.19. The number of hydrogen-bond donors (Lipinski definition) is 2. The van der Waals surface area contributed by atoms with E-state index in [2.05, 4.69) is 4.72 Å². The highest BCUT2D eigenvalue weighted by atomic mass is 35.5. The molecule has 0 radical (unpaired) electrons. The van der Waals surface area contributed by atoms with E-state index in [1.807, 2.05) is 17.7 Å². The monoisotopic (exact) mass is 349 g/mol. The Balaban J connectivity index is 2.27. The van der Waals surface area contributed by atoms with Gasteiger partial charge in [-0.3, -0.25) is 0 Å². The summed E-state index contributed by atoms with van der Waals surface area (Å²) in [6.45, 7) is 1.46. The molecule has 2 rings (SSSR count). The minimum Gasteiger partial charge on any atom is -0.392 e. The lowest BCUT2D eigenvalue weighted by atomic mass is 10.2. The lowest BCUT2D eigenvalue weighted by Crippen LogP contribution is -2.23. The van der Waals surface area contributed by atoms with Crippen molar-refractivity contribution in [3.8, 4) is 0 Å². The van der Waals surface area contributed by atoms with E-state index in [0.717, 1.165) is 23.3 Å². The van der Waals surface area contributed by atoms with Gasteiger partial charge in [-0.2, -0.15) is 11.3 Å². The summed E-state index contributed by atoms with van der Waals surface area (Å²) in [6.07, 6.45) is 0. The predicted octanol–water partition coefficient (Wildman–Crippen LogP) is 2.82. The van der Waals surface area contributed by atoms with E-state index in [9.17, 15) is 12.8 Å². The lowest BCUT2D eigenvalue weighted by molar-refractivity contribution is 0.281. The highest BCUT2D eigenvalue weighted by Crippen LogP contribution is 2.24. The maximum Gasteiger partial charge on any atom is 0.240 e. The van der Waals surface area contributed by atoms with Crippen molar-refractivity contribution < 1.29 is 17.9 Å². The van der Waals surface area contributed by atoms with Gasteiger partial charge in [0.2, 0.25) is 10.0 Å². The van der Waals surface area contributed by atoms with Gasteiger partial charge in [0.1, 0.15) is 5.82 Å². The van der Waals surface area contributed by atoms with Gasteiger partial charge in [-0.05, 0) is 40.9 Å². The Morgan fingerprint density at radius 2 is 2.05 bits per heavy atom. The first kappa shape index (κ1) is 16.4. The Labute approximate surface area is 131 Å². The standard InChI is InChI=1S/C13H13ClFNO3S2/c1-8-6-20-7-10(8)4-16-21(18,19)11-2-9(5-17)13(14)12(15)3-11/h2-3,6-7,16-17H,4-5H2,1H3. The van der Waals surface area contributed by atoms with Crippen LogP contribution in [0.2, 0.25) is 5.02 Å². The normalized spacial score (nSPS) is 11.8. The zero-order valence-electron chi connectivity index (χ0n) is 11.1. The number of aliphatic hydroxyl groups excluding tert-OH is 1. The molecule has 0 atom stereocenters. The largest absolute Gasteiger partial charge is 0.392 e. The fourth-order valence-corrected chi connectivity index (χ4v) is 3.81. The Kier molecular flexibility index (Phi) is 5.00. The number of halogens is 2. The minimum atomic E-state index is -3.88. The summed E-state index contributed by atoms with van der Waals surface area (Å²) in [4.78, 5) is -0.263. The van der Waals surface area contributed by atoms with Gasteiger partial charge in [-0.25, -0.2) is 17.5 Å². The van der Waals surface area contributed by atoms with Gasteiger partial charge in [-0.1, -0.05) is 11.6 Å². The second kappa shape index (κ2) is 6.41. The molecule has 0 aliphatic carbocycles. The maximum atomic E-state index is 13.6. The number of rotatable bonds is 5. The number of thiophene rings is 1. The van der Waals surface area contributed by atoms with E-state index in [1.54, 1.807) is 0 Å². The fraction of sp³-hybridized carbons (Fsp3) is 0.231. The molecule has 0 amide bonds. The molecule has 8 heteroatoms. The topological polar surface area (TPSA) is 66.4 Å². The van der Waals surface area contributed by atoms with Crippen molar-refractivity contribution in [2.45, 2.75) is 25.0 Å². The number of benzene rings is 1. The van der Waals surface area contributed by atoms with E-state index >= 15 is 0 Å². The van der Waals surface area contributed by atoms with E-state index in [-0.39, 0.29) is 22.0 Å². The molecular formula is C13H13ClFNO3S2. The molecule has 0 saturated carbocycles.